The van der Waals surface area contributed by atoms with E-state index in [1.807, 2.05) is 24.3 Å². The monoisotopic (exact) mass is 146 g/mol. The Morgan fingerprint density at radius 1 is 1.27 bits per heavy atom. The summed E-state index contributed by atoms with van der Waals surface area (Å²) in [4.78, 5) is 0. The normalized spacial score (nSPS) is 9.09. The first kappa shape index (κ1) is 7.77. The van der Waals surface area contributed by atoms with Gasteiger partial charge in [-0.15, -0.1) is 0 Å². The highest BCUT2D eigenvalue weighted by Crippen LogP contribution is 2.07. The maximum Gasteiger partial charge on any atom is 0.0669 e. The molecule has 2 heteroatoms. The summed E-state index contributed by atoms with van der Waals surface area (Å²) in [6.07, 6.45) is 0.452. The first-order valence-electron chi connectivity index (χ1n) is 3.52. The fourth-order valence-electron chi connectivity index (χ4n) is 1.01. The molecule has 0 unspecified atom stereocenters. The van der Waals surface area contributed by atoms with Gasteiger partial charge in [0.15, 0.2) is 0 Å². The molecule has 11 heavy (non-hydrogen) atoms. The minimum Gasteiger partial charge on any atom is -0.326 e. The fraction of sp³-hybridized carbons (Fsp3) is 0.222. The first-order chi connectivity index (χ1) is 5.38. The molecule has 0 atom stereocenters. The van der Waals surface area contributed by atoms with Crippen molar-refractivity contribution in [3.8, 4) is 6.07 Å². The van der Waals surface area contributed by atoms with Gasteiger partial charge < -0.3 is 5.73 Å². The van der Waals surface area contributed by atoms with E-state index in [0.29, 0.717) is 13.0 Å². The lowest BCUT2D eigenvalue weighted by Gasteiger charge is -2.01. The third kappa shape index (κ3) is 1.79. The number of rotatable bonds is 2. The fourth-order valence-corrected chi connectivity index (χ4v) is 1.01. The van der Waals surface area contributed by atoms with Crippen molar-refractivity contribution in [2.24, 2.45) is 5.73 Å². The van der Waals surface area contributed by atoms with E-state index >= 15 is 0 Å². The van der Waals surface area contributed by atoms with Crippen LogP contribution < -0.4 is 5.73 Å². The van der Waals surface area contributed by atoms with Crippen LogP contribution in [0.2, 0.25) is 0 Å². The number of hydrogen-bond acceptors (Lipinski definition) is 2. The van der Waals surface area contributed by atoms with Gasteiger partial charge >= 0.3 is 0 Å². The lowest BCUT2D eigenvalue weighted by atomic mass is 10.1. The molecule has 0 spiro atoms. The van der Waals surface area contributed by atoms with Gasteiger partial charge in [-0.25, -0.2) is 0 Å². The molecule has 0 aliphatic heterocycles. The summed E-state index contributed by atoms with van der Waals surface area (Å²) in [5.41, 5.74) is 7.57. The number of hydrogen-bond donors (Lipinski definition) is 1. The van der Waals surface area contributed by atoms with E-state index in [4.69, 9.17) is 11.0 Å². The summed E-state index contributed by atoms with van der Waals surface area (Å²) in [7, 11) is 0. The number of nitrogens with two attached hydrogens (primary N) is 1. The van der Waals surface area contributed by atoms with Crippen LogP contribution in [0.5, 0.6) is 0 Å². The Kier molecular flexibility index (Phi) is 2.65. The summed E-state index contributed by atoms with van der Waals surface area (Å²) in [6, 6.07) is 9.85. The SMILES string of the molecule is N#CCc1ccccc1CN. The highest BCUT2D eigenvalue weighted by molar-refractivity contribution is 5.28. The molecule has 0 saturated heterocycles. The van der Waals surface area contributed by atoms with E-state index in [0.717, 1.165) is 11.1 Å². The van der Waals surface area contributed by atoms with Crippen molar-refractivity contribution in [1.29, 1.82) is 5.26 Å². The van der Waals surface area contributed by atoms with Crippen molar-refractivity contribution < 1.29 is 0 Å². The molecule has 2 nitrogen and oxygen atoms in total. The standard InChI is InChI=1S/C9H10N2/c10-6-5-8-3-1-2-4-9(8)7-11/h1-4H,5,7,11H2. The van der Waals surface area contributed by atoms with Crippen LogP contribution in [0.25, 0.3) is 0 Å². The third-order valence-electron chi connectivity index (χ3n) is 1.61. The Labute approximate surface area is 66.3 Å². The molecular formula is C9H10N2. The van der Waals surface area contributed by atoms with Gasteiger partial charge in [0.05, 0.1) is 12.5 Å². The van der Waals surface area contributed by atoms with Crippen molar-refractivity contribution in [2.45, 2.75) is 13.0 Å². The molecule has 0 fully saturated rings. The second-order valence-electron chi connectivity index (χ2n) is 2.31. The topological polar surface area (TPSA) is 49.8 Å². The average molecular weight is 146 g/mol. The van der Waals surface area contributed by atoms with Crippen LogP contribution in [-0.2, 0) is 13.0 Å². The summed E-state index contributed by atoms with van der Waals surface area (Å²) in [6.45, 7) is 0.512. The van der Waals surface area contributed by atoms with E-state index in [-0.39, 0.29) is 0 Å². The molecule has 56 valence electrons. The number of benzene rings is 1. The zero-order valence-electron chi connectivity index (χ0n) is 6.25. The Balaban J connectivity index is 2.94. The molecule has 0 aliphatic rings. The van der Waals surface area contributed by atoms with Gasteiger partial charge in [0.25, 0.3) is 0 Å². The molecule has 1 aromatic carbocycles. The van der Waals surface area contributed by atoms with Crippen LogP contribution in [0.4, 0.5) is 0 Å². The smallest absolute Gasteiger partial charge is 0.0669 e. The third-order valence-corrected chi connectivity index (χ3v) is 1.61. The molecule has 1 rings (SSSR count). The van der Waals surface area contributed by atoms with E-state index in [1.54, 1.807) is 0 Å². The zero-order chi connectivity index (χ0) is 8.10. The molecule has 0 saturated carbocycles. The molecule has 0 bridgehead atoms. The van der Waals surface area contributed by atoms with Gasteiger partial charge in [-0.3, -0.25) is 0 Å². The molecule has 2 N–H and O–H groups in total. The minimum absolute atomic E-state index is 0.452. The van der Waals surface area contributed by atoms with Crippen molar-refractivity contribution in [2.75, 3.05) is 0 Å². The predicted molar refractivity (Wildman–Crippen MR) is 43.7 cm³/mol. The first-order valence-corrected chi connectivity index (χ1v) is 3.52. The van der Waals surface area contributed by atoms with Crippen LogP contribution >= 0.6 is 0 Å². The molecule has 0 aromatic heterocycles. The highest BCUT2D eigenvalue weighted by atomic mass is 14.5. The van der Waals surface area contributed by atoms with Crippen molar-refractivity contribution in [3.05, 3.63) is 35.4 Å². The van der Waals surface area contributed by atoms with E-state index in [1.165, 1.54) is 0 Å². The number of nitrogens with zero attached hydrogens (tertiary/aromatic N) is 1. The molecule has 0 amide bonds. The van der Waals surface area contributed by atoms with Crippen LogP contribution in [-0.4, -0.2) is 0 Å². The van der Waals surface area contributed by atoms with E-state index in [2.05, 4.69) is 6.07 Å². The van der Waals surface area contributed by atoms with Gasteiger partial charge in [0.1, 0.15) is 0 Å². The maximum atomic E-state index is 8.45. The van der Waals surface area contributed by atoms with E-state index in [9.17, 15) is 0 Å². The zero-order valence-corrected chi connectivity index (χ0v) is 6.25. The van der Waals surface area contributed by atoms with E-state index < -0.39 is 0 Å². The van der Waals surface area contributed by atoms with Crippen molar-refractivity contribution >= 4 is 0 Å². The lowest BCUT2D eigenvalue weighted by molar-refractivity contribution is 1.03. The van der Waals surface area contributed by atoms with Gasteiger partial charge in [0.2, 0.25) is 0 Å². The minimum atomic E-state index is 0.452. The predicted octanol–water partition coefficient (Wildman–Crippen LogP) is 1.21. The van der Waals surface area contributed by atoms with Gasteiger partial charge in [0, 0.05) is 6.54 Å². The summed E-state index contributed by atoms with van der Waals surface area (Å²) in [5.74, 6) is 0. The summed E-state index contributed by atoms with van der Waals surface area (Å²) in [5, 5.41) is 8.45. The van der Waals surface area contributed by atoms with Gasteiger partial charge in [-0.1, -0.05) is 24.3 Å². The Hall–Kier alpha value is -1.33. The number of nitriles is 1. The Bertz CT molecular complexity index is 273. The van der Waals surface area contributed by atoms with Crippen molar-refractivity contribution in [3.63, 3.8) is 0 Å². The average Bonchev–Trinajstić information content (AvgIpc) is 2.06. The second-order valence-corrected chi connectivity index (χ2v) is 2.31. The van der Waals surface area contributed by atoms with Gasteiger partial charge in [-0.2, -0.15) is 5.26 Å². The quantitative estimate of drug-likeness (QED) is 0.681. The summed E-state index contributed by atoms with van der Waals surface area (Å²) >= 11 is 0. The summed E-state index contributed by atoms with van der Waals surface area (Å²) < 4.78 is 0. The molecule has 0 heterocycles. The van der Waals surface area contributed by atoms with Crippen LogP contribution in [0.15, 0.2) is 24.3 Å². The second kappa shape index (κ2) is 3.75. The molecule has 1 aromatic rings. The molecular weight excluding hydrogens is 136 g/mol. The highest BCUT2D eigenvalue weighted by Gasteiger charge is 1.96. The van der Waals surface area contributed by atoms with Gasteiger partial charge in [-0.05, 0) is 11.1 Å². The lowest BCUT2D eigenvalue weighted by Crippen LogP contribution is -2.00. The van der Waals surface area contributed by atoms with Crippen LogP contribution in [0, 0.1) is 11.3 Å². The molecule has 0 radical (unpaired) electrons. The van der Waals surface area contributed by atoms with Crippen LogP contribution in [0.3, 0.4) is 0 Å². The van der Waals surface area contributed by atoms with Crippen molar-refractivity contribution in [1.82, 2.24) is 0 Å². The largest absolute Gasteiger partial charge is 0.326 e. The molecule has 0 aliphatic carbocycles. The Morgan fingerprint density at radius 2 is 1.91 bits per heavy atom. The van der Waals surface area contributed by atoms with Crippen LogP contribution in [0.1, 0.15) is 11.1 Å². The maximum absolute atomic E-state index is 8.45. The Morgan fingerprint density at radius 3 is 2.45 bits per heavy atom.